The second kappa shape index (κ2) is 5.19. The molecule has 104 valence electrons. The van der Waals surface area contributed by atoms with Crippen LogP contribution in [0.5, 0.6) is 0 Å². The summed E-state index contributed by atoms with van der Waals surface area (Å²) in [7, 11) is 0. The summed E-state index contributed by atoms with van der Waals surface area (Å²) >= 11 is 0. The van der Waals surface area contributed by atoms with Crippen molar-refractivity contribution in [1.29, 1.82) is 0 Å². The first-order chi connectivity index (χ1) is 10.4. The zero-order chi connectivity index (χ0) is 14.1. The lowest BCUT2D eigenvalue weighted by atomic mass is 10.0. The van der Waals surface area contributed by atoms with Crippen molar-refractivity contribution < 1.29 is 0 Å². The van der Waals surface area contributed by atoms with Crippen molar-refractivity contribution in [1.82, 2.24) is 14.9 Å². The van der Waals surface area contributed by atoms with E-state index in [0.29, 0.717) is 0 Å². The van der Waals surface area contributed by atoms with Crippen LogP contribution in [-0.4, -0.2) is 16.1 Å². The van der Waals surface area contributed by atoms with E-state index in [4.69, 9.17) is 4.98 Å². The van der Waals surface area contributed by atoms with Crippen LogP contribution in [-0.2, 0) is 13.1 Å². The van der Waals surface area contributed by atoms with Gasteiger partial charge in [-0.25, -0.2) is 4.98 Å². The van der Waals surface area contributed by atoms with E-state index in [-0.39, 0.29) is 0 Å². The van der Waals surface area contributed by atoms with E-state index in [1.165, 1.54) is 16.8 Å². The fourth-order valence-corrected chi connectivity index (χ4v) is 2.95. The van der Waals surface area contributed by atoms with Gasteiger partial charge in [-0.2, -0.15) is 0 Å². The minimum atomic E-state index is 0.840. The maximum atomic E-state index is 4.90. The standard InChI is InChI=1S/C18H17N3/c1-3-7-14(8-4-1)17-18(15-9-5-2-6-10-15)21-12-11-19-13-16(21)20-17/h1-10,19H,11-13H2. The van der Waals surface area contributed by atoms with E-state index < -0.39 is 0 Å². The van der Waals surface area contributed by atoms with Crippen LogP contribution in [0.3, 0.4) is 0 Å². The van der Waals surface area contributed by atoms with Gasteiger partial charge in [0.1, 0.15) is 5.82 Å². The highest BCUT2D eigenvalue weighted by Crippen LogP contribution is 2.33. The Labute approximate surface area is 124 Å². The predicted molar refractivity (Wildman–Crippen MR) is 84.8 cm³/mol. The van der Waals surface area contributed by atoms with E-state index >= 15 is 0 Å². The average molecular weight is 275 g/mol. The highest BCUT2D eigenvalue weighted by Gasteiger charge is 2.21. The first-order valence-electron chi connectivity index (χ1n) is 7.34. The number of rotatable bonds is 2. The van der Waals surface area contributed by atoms with Gasteiger partial charge in [0.2, 0.25) is 0 Å². The van der Waals surface area contributed by atoms with E-state index in [1.54, 1.807) is 0 Å². The van der Waals surface area contributed by atoms with Gasteiger partial charge >= 0.3 is 0 Å². The third-order valence-corrected chi connectivity index (χ3v) is 3.94. The average Bonchev–Trinajstić information content (AvgIpc) is 2.96. The van der Waals surface area contributed by atoms with Gasteiger partial charge in [0.05, 0.1) is 17.9 Å². The Bertz CT molecular complexity index is 745. The molecule has 3 heteroatoms. The predicted octanol–water partition coefficient (Wildman–Crippen LogP) is 3.32. The Hall–Kier alpha value is -2.39. The second-order valence-corrected chi connectivity index (χ2v) is 5.29. The first-order valence-corrected chi connectivity index (χ1v) is 7.34. The lowest BCUT2D eigenvalue weighted by Crippen LogP contribution is -2.28. The Balaban J connectivity index is 1.96. The van der Waals surface area contributed by atoms with E-state index in [1.807, 2.05) is 6.07 Å². The van der Waals surface area contributed by atoms with E-state index in [2.05, 4.69) is 64.5 Å². The van der Waals surface area contributed by atoms with Crippen LogP contribution in [0.2, 0.25) is 0 Å². The molecule has 1 N–H and O–H groups in total. The Morgan fingerprint density at radius 1 is 0.857 bits per heavy atom. The number of hydrogen-bond acceptors (Lipinski definition) is 2. The largest absolute Gasteiger partial charge is 0.325 e. The molecule has 0 atom stereocenters. The lowest BCUT2D eigenvalue weighted by molar-refractivity contribution is 0.508. The SMILES string of the molecule is c1ccc(-c2nc3n(c2-c2ccccc2)CCNC3)cc1. The van der Waals surface area contributed by atoms with E-state index in [9.17, 15) is 0 Å². The third kappa shape index (κ3) is 2.16. The van der Waals surface area contributed by atoms with Gasteiger partial charge in [-0.3, -0.25) is 0 Å². The van der Waals surface area contributed by atoms with Gasteiger partial charge in [0, 0.05) is 24.2 Å². The summed E-state index contributed by atoms with van der Waals surface area (Å²) < 4.78 is 2.36. The van der Waals surface area contributed by atoms with Crippen molar-refractivity contribution >= 4 is 0 Å². The number of hydrogen-bond donors (Lipinski definition) is 1. The summed E-state index contributed by atoms with van der Waals surface area (Å²) in [6.07, 6.45) is 0. The van der Waals surface area contributed by atoms with Crippen LogP contribution in [0.25, 0.3) is 22.5 Å². The summed E-state index contributed by atoms with van der Waals surface area (Å²) in [5.74, 6) is 1.12. The van der Waals surface area contributed by atoms with Crippen LogP contribution in [0.4, 0.5) is 0 Å². The van der Waals surface area contributed by atoms with Crippen molar-refractivity contribution in [2.45, 2.75) is 13.1 Å². The minimum absolute atomic E-state index is 0.840. The number of aromatic nitrogens is 2. The minimum Gasteiger partial charge on any atom is -0.325 e. The number of nitrogens with one attached hydrogen (secondary N) is 1. The molecule has 1 aliphatic heterocycles. The number of benzene rings is 2. The second-order valence-electron chi connectivity index (χ2n) is 5.29. The van der Waals surface area contributed by atoms with Gasteiger partial charge in [-0.05, 0) is 0 Å². The quantitative estimate of drug-likeness (QED) is 0.777. The van der Waals surface area contributed by atoms with Crippen LogP contribution < -0.4 is 5.32 Å². The highest BCUT2D eigenvalue weighted by molar-refractivity contribution is 5.79. The lowest BCUT2D eigenvalue weighted by Gasteiger charge is -2.17. The maximum absolute atomic E-state index is 4.90. The third-order valence-electron chi connectivity index (χ3n) is 3.94. The van der Waals surface area contributed by atoms with Gasteiger partial charge < -0.3 is 9.88 Å². The molecule has 21 heavy (non-hydrogen) atoms. The molecular weight excluding hydrogens is 258 g/mol. The molecule has 3 nitrogen and oxygen atoms in total. The fourth-order valence-electron chi connectivity index (χ4n) is 2.95. The Kier molecular flexibility index (Phi) is 3.05. The normalized spacial score (nSPS) is 13.9. The summed E-state index contributed by atoms with van der Waals surface area (Å²) in [5, 5.41) is 3.40. The molecular formula is C18H17N3. The monoisotopic (exact) mass is 275 g/mol. The summed E-state index contributed by atoms with van der Waals surface area (Å²) in [4.78, 5) is 4.90. The highest BCUT2D eigenvalue weighted by atomic mass is 15.2. The maximum Gasteiger partial charge on any atom is 0.123 e. The zero-order valence-corrected chi connectivity index (χ0v) is 11.8. The number of fused-ring (bicyclic) bond motifs is 1. The molecule has 0 spiro atoms. The molecule has 0 unspecified atom stereocenters. The van der Waals surface area contributed by atoms with Crippen LogP contribution in [0.15, 0.2) is 60.7 Å². The van der Waals surface area contributed by atoms with Gasteiger partial charge in [-0.1, -0.05) is 60.7 Å². The molecule has 2 aromatic carbocycles. The number of imidazole rings is 1. The summed E-state index contributed by atoms with van der Waals surface area (Å²) in [6.45, 7) is 2.81. The molecule has 0 saturated carbocycles. The molecule has 1 aromatic heterocycles. The van der Waals surface area contributed by atoms with Crippen molar-refractivity contribution in [3.05, 3.63) is 66.5 Å². The van der Waals surface area contributed by atoms with Gasteiger partial charge in [0.15, 0.2) is 0 Å². The topological polar surface area (TPSA) is 29.9 Å². The van der Waals surface area contributed by atoms with Crippen LogP contribution in [0, 0.1) is 0 Å². The molecule has 1 aliphatic rings. The molecule has 4 rings (SSSR count). The molecule has 2 heterocycles. The Morgan fingerprint density at radius 2 is 1.52 bits per heavy atom. The van der Waals surface area contributed by atoms with Gasteiger partial charge in [-0.15, -0.1) is 0 Å². The van der Waals surface area contributed by atoms with Crippen molar-refractivity contribution in [3.63, 3.8) is 0 Å². The summed E-state index contributed by atoms with van der Waals surface area (Å²) in [5.41, 5.74) is 4.73. The first kappa shape index (κ1) is 12.4. The van der Waals surface area contributed by atoms with Crippen molar-refractivity contribution in [3.8, 4) is 22.5 Å². The smallest absolute Gasteiger partial charge is 0.123 e. The molecule has 0 saturated heterocycles. The van der Waals surface area contributed by atoms with Crippen molar-refractivity contribution in [2.75, 3.05) is 6.54 Å². The van der Waals surface area contributed by atoms with Crippen molar-refractivity contribution in [2.24, 2.45) is 0 Å². The van der Waals surface area contributed by atoms with E-state index in [0.717, 1.165) is 31.2 Å². The molecule has 0 fully saturated rings. The van der Waals surface area contributed by atoms with Gasteiger partial charge in [0.25, 0.3) is 0 Å². The van der Waals surface area contributed by atoms with Crippen LogP contribution >= 0.6 is 0 Å². The molecule has 0 radical (unpaired) electrons. The molecule has 3 aromatic rings. The molecule has 0 bridgehead atoms. The number of nitrogens with zero attached hydrogens (tertiary/aromatic N) is 2. The summed E-state index contributed by atoms with van der Waals surface area (Å²) in [6, 6.07) is 21.0. The fraction of sp³-hybridized carbons (Fsp3) is 0.167. The zero-order valence-electron chi connectivity index (χ0n) is 11.8. The molecule has 0 aliphatic carbocycles. The molecule has 0 amide bonds. The Morgan fingerprint density at radius 3 is 2.24 bits per heavy atom. The van der Waals surface area contributed by atoms with Crippen LogP contribution in [0.1, 0.15) is 5.82 Å².